The van der Waals surface area contributed by atoms with Gasteiger partial charge in [-0.1, -0.05) is 6.08 Å². The average Bonchev–Trinajstić information content (AvgIpc) is 2.15. The first kappa shape index (κ1) is 3.89. The average molecular weight is 106 g/mol. The van der Waals surface area contributed by atoms with Gasteiger partial charge < -0.3 is 4.98 Å². The van der Waals surface area contributed by atoms with Gasteiger partial charge in [0.25, 0.3) is 0 Å². The highest BCUT2D eigenvalue weighted by Gasteiger charge is 2.04. The molecule has 1 aromatic rings. The molecule has 0 radical (unpaired) electrons. The quantitative estimate of drug-likeness (QED) is 0.524. The monoisotopic (exact) mass is 106 g/mol. The summed E-state index contributed by atoms with van der Waals surface area (Å²) in [4.78, 5) is 7.10. The molecule has 1 N–H and O–H groups in total. The second-order valence-corrected chi connectivity index (χ2v) is 1.87. The number of allylic oxidation sites excluding steroid dienone is 1. The van der Waals surface area contributed by atoms with E-state index in [4.69, 9.17) is 0 Å². The number of fused-ring (bicyclic) bond motifs is 1. The van der Waals surface area contributed by atoms with Crippen molar-refractivity contribution >= 4 is 6.08 Å². The van der Waals surface area contributed by atoms with Crippen LogP contribution in [0.4, 0.5) is 0 Å². The fourth-order valence-corrected chi connectivity index (χ4v) is 0.927. The van der Waals surface area contributed by atoms with Crippen molar-refractivity contribution in [3.8, 4) is 0 Å². The Bertz CT molecular complexity index is 222. The SMILES string of the molecule is C1=Cc2nc[nH]c2C1. The lowest BCUT2D eigenvalue weighted by Gasteiger charge is -1.79. The van der Waals surface area contributed by atoms with Crippen molar-refractivity contribution in [2.24, 2.45) is 0 Å². The van der Waals surface area contributed by atoms with E-state index in [0.717, 1.165) is 12.1 Å². The van der Waals surface area contributed by atoms with Gasteiger partial charge in [-0.05, 0) is 6.08 Å². The van der Waals surface area contributed by atoms with Crippen LogP contribution in [-0.2, 0) is 6.42 Å². The van der Waals surface area contributed by atoms with E-state index in [9.17, 15) is 0 Å². The van der Waals surface area contributed by atoms with Gasteiger partial charge in [-0.2, -0.15) is 0 Å². The Morgan fingerprint density at radius 3 is 3.50 bits per heavy atom. The summed E-state index contributed by atoms with van der Waals surface area (Å²) in [7, 11) is 0. The van der Waals surface area contributed by atoms with Crippen LogP contribution >= 0.6 is 0 Å². The molecule has 2 nitrogen and oxygen atoms in total. The van der Waals surface area contributed by atoms with Crippen LogP contribution in [0.5, 0.6) is 0 Å². The molecule has 2 rings (SSSR count). The molecule has 0 aromatic carbocycles. The van der Waals surface area contributed by atoms with Crippen LogP contribution in [0.25, 0.3) is 6.08 Å². The molecule has 40 valence electrons. The van der Waals surface area contributed by atoms with Gasteiger partial charge in [0.15, 0.2) is 0 Å². The van der Waals surface area contributed by atoms with Crippen LogP contribution in [0.3, 0.4) is 0 Å². The first-order chi connectivity index (χ1) is 3.97. The highest BCUT2D eigenvalue weighted by molar-refractivity contribution is 5.53. The predicted octanol–water partition coefficient (Wildman–Crippen LogP) is 0.979. The molecule has 0 fully saturated rings. The minimum atomic E-state index is 1.02. The summed E-state index contributed by atoms with van der Waals surface area (Å²) in [5.74, 6) is 0. The summed E-state index contributed by atoms with van der Waals surface area (Å²) in [6.45, 7) is 0. The van der Waals surface area contributed by atoms with Crippen molar-refractivity contribution in [2.45, 2.75) is 6.42 Å². The number of aromatic amines is 1. The van der Waals surface area contributed by atoms with Crippen LogP contribution in [-0.4, -0.2) is 9.97 Å². The molecular weight excluding hydrogens is 100 g/mol. The van der Waals surface area contributed by atoms with Crippen molar-refractivity contribution < 1.29 is 0 Å². The zero-order valence-electron chi connectivity index (χ0n) is 4.39. The molecule has 0 amide bonds. The third-order valence-electron chi connectivity index (χ3n) is 1.35. The Kier molecular flexibility index (Phi) is 0.592. The summed E-state index contributed by atoms with van der Waals surface area (Å²) in [6.07, 6.45) is 6.89. The predicted molar refractivity (Wildman–Crippen MR) is 31.3 cm³/mol. The number of H-pyrrole nitrogens is 1. The van der Waals surface area contributed by atoms with Crippen molar-refractivity contribution in [3.63, 3.8) is 0 Å². The number of nitrogens with zero attached hydrogens (tertiary/aromatic N) is 1. The van der Waals surface area contributed by atoms with Gasteiger partial charge in [0, 0.05) is 12.1 Å². The number of imidazole rings is 1. The van der Waals surface area contributed by atoms with Crippen LogP contribution in [0, 0.1) is 0 Å². The first-order valence-corrected chi connectivity index (χ1v) is 2.65. The van der Waals surface area contributed by atoms with E-state index in [-0.39, 0.29) is 0 Å². The maximum Gasteiger partial charge on any atom is 0.0929 e. The van der Waals surface area contributed by atoms with Crippen LogP contribution in [0.1, 0.15) is 11.4 Å². The lowest BCUT2D eigenvalue weighted by Crippen LogP contribution is -1.75. The molecule has 1 aliphatic rings. The summed E-state index contributed by atoms with van der Waals surface area (Å²) in [5, 5.41) is 0. The molecule has 0 saturated heterocycles. The standard InChI is InChI=1S/C6H6N2/c1-2-5-6(3-1)8-4-7-5/h1-2,4H,3H2,(H,7,8). The van der Waals surface area contributed by atoms with Crippen molar-refractivity contribution in [1.82, 2.24) is 9.97 Å². The van der Waals surface area contributed by atoms with E-state index in [2.05, 4.69) is 16.0 Å². The number of aromatic nitrogens is 2. The Labute approximate surface area is 47.3 Å². The largest absolute Gasteiger partial charge is 0.348 e. The van der Waals surface area contributed by atoms with Gasteiger partial charge >= 0.3 is 0 Å². The molecule has 1 aromatic heterocycles. The van der Waals surface area contributed by atoms with Gasteiger partial charge in [-0.3, -0.25) is 0 Å². The maximum atomic E-state index is 4.05. The van der Waals surface area contributed by atoms with Crippen LogP contribution < -0.4 is 0 Å². The minimum absolute atomic E-state index is 1.02. The summed E-state index contributed by atoms with van der Waals surface area (Å²) >= 11 is 0. The van der Waals surface area contributed by atoms with E-state index >= 15 is 0 Å². The Balaban J connectivity index is 2.67. The lowest BCUT2D eigenvalue weighted by molar-refractivity contribution is 1.17. The van der Waals surface area contributed by atoms with Crippen LogP contribution in [0.15, 0.2) is 12.4 Å². The Hall–Kier alpha value is -1.05. The Morgan fingerprint density at radius 2 is 2.62 bits per heavy atom. The zero-order valence-corrected chi connectivity index (χ0v) is 4.39. The van der Waals surface area contributed by atoms with Gasteiger partial charge in [0.1, 0.15) is 0 Å². The molecule has 1 aliphatic carbocycles. The second-order valence-electron chi connectivity index (χ2n) is 1.87. The third-order valence-corrected chi connectivity index (χ3v) is 1.35. The van der Waals surface area contributed by atoms with Crippen LogP contribution in [0.2, 0.25) is 0 Å². The third kappa shape index (κ3) is 0.346. The highest BCUT2D eigenvalue weighted by Crippen LogP contribution is 2.12. The molecule has 0 bridgehead atoms. The van der Waals surface area contributed by atoms with E-state index in [1.165, 1.54) is 5.69 Å². The Morgan fingerprint density at radius 1 is 1.62 bits per heavy atom. The number of rotatable bonds is 0. The van der Waals surface area contributed by atoms with E-state index in [0.29, 0.717) is 0 Å². The normalized spacial score (nSPS) is 14.5. The summed E-state index contributed by atoms with van der Waals surface area (Å²) < 4.78 is 0. The van der Waals surface area contributed by atoms with Gasteiger partial charge in [0.05, 0.1) is 12.0 Å². The number of hydrogen-bond donors (Lipinski definition) is 1. The summed E-state index contributed by atoms with van der Waals surface area (Å²) in [5.41, 5.74) is 2.34. The van der Waals surface area contributed by atoms with E-state index in [1.54, 1.807) is 6.33 Å². The summed E-state index contributed by atoms with van der Waals surface area (Å²) in [6, 6.07) is 0. The number of nitrogens with one attached hydrogen (secondary N) is 1. The van der Waals surface area contributed by atoms with Gasteiger partial charge in [0.2, 0.25) is 0 Å². The number of hydrogen-bond acceptors (Lipinski definition) is 1. The smallest absolute Gasteiger partial charge is 0.0929 e. The van der Waals surface area contributed by atoms with Gasteiger partial charge in [-0.25, -0.2) is 4.98 Å². The van der Waals surface area contributed by atoms with Gasteiger partial charge in [-0.15, -0.1) is 0 Å². The molecule has 0 saturated carbocycles. The minimum Gasteiger partial charge on any atom is -0.348 e. The van der Waals surface area contributed by atoms with Crippen molar-refractivity contribution in [1.29, 1.82) is 0 Å². The lowest BCUT2D eigenvalue weighted by atomic mass is 10.4. The molecule has 0 spiro atoms. The first-order valence-electron chi connectivity index (χ1n) is 2.65. The molecular formula is C6H6N2. The molecule has 1 heterocycles. The fourth-order valence-electron chi connectivity index (χ4n) is 0.927. The van der Waals surface area contributed by atoms with Crippen molar-refractivity contribution in [2.75, 3.05) is 0 Å². The topological polar surface area (TPSA) is 28.7 Å². The highest BCUT2D eigenvalue weighted by atomic mass is 14.9. The molecule has 0 atom stereocenters. The zero-order chi connectivity index (χ0) is 5.40. The maximum absolute atomic E-state index is 4.05. The molecule has 2 heteroatoms. The van der Waals surface area contributed by atoms with E-state index in [1.807, 2.05) is 6.08 Å². The fraction of sp³-hybridized carbons (Fsp3) is 0.167. The van der Waals surface area contributed by atoms with E-state index < -0.39 is 0 Å². The second kappa shape index (κ2) is 1.22. The van der Waals surface area contributed by atoms with Crippen molar-refractivity contribution in [3.05, 3.63) is 23.8 Å². The molecule has 8 heavy (non-hydrogen) atoms. The molecule has 0 aliphatic heterocycles. The molecule has 0 unspecified atom stereocenters.